The lowest BCUT2D eigenvalue weighted by Crippen LogP contribution is -2.26. The van der Waals surface area contributed by atoms with E-state index >= 15 is 0 Å². The number of hydrogen-bond acceptors (Lipinski definition) is 5. The number of rotatable bonds is 5. The molecule has 0 aromatic carbocycles. The van der Waals surface area contributed by atoms with Crippen LogP contribution in [0.15, 0.2) is 0 Å². The summed E-state index contributed by atoms with van der Waals surface area (Å²) < 4.78 is 4.18. The summed E-state index contributed by atoms with van der Waals surface area (Å²) in [6.45, 7) is 0.949. The fraction of sp³-hybridized carbons (Fsp3) is 0.429. The second-order valence-electron chi connectivity index (χ2n) is 2.17. The minimum Gasteiger partial charge on any atom is -0.481 e. The van der Waals surface area contributed by atoms with Gasteiger partial charge in [-0.15, -0.1) is 0 Å². The third kappa shape index (κ3) is 4.67. The average Bonchev–Trinajstić information content (AvgIpc) is 2.02. The van der Waals surface area contributed by atoms with Gasteiger partial charge in [-0.2, -0.15) is 0 Å². The van der Waals surface area contributed by atoms with Gasteiger partial charge in [-0.1, -0.05) is 0 Å². The zero-order valence-corrected chi connectivity index (χ0v) is 6.77. The van der Waals surface area contributed by atoms with Crippen LogP contribution in [-0.4, -0.2) is 35.2 Å². The van der Waals surface area contributed by atoms with Crippen LogP contribution < -0.4 is 0 Å². The highest BCUT2D eigenvalue weighted by atomic mass is 16.6. The highest BCUT2D eigenvalue weighted by Gasteiger charge is 2.20. The van der Waals surface area contributed by atoms with Crippen LogP contribution in [0.2, 0.25) is 0 Å². The van der Waals surface area contributed by atoms with Gasteiger partial charge in [-0.05, 0) is 0 Å². The number of hydrogen-bond donors (Lipinski definition) is 1. The van der Waals surface area contributed by atoms with E-state index in [1.807, 2.05) is 0 Å². The van der Waals surface area contributed by atoms with Crippen molar-refractivity contribution >= 4 is 24.0 Å². The van der Waals surface area contributed by atoms with Crippen molar-refractivity contribution in [1.82, 2.24) is 0 Å². The first kappa shape index (κ1) is 11.3. The Morgan fingerprint density at radius 1 is 1.46 bits per heavy atom. The summed E-state index contributed by atoms with van der Waals surface area (Å²) in [5, 5.41) is 8.21. The number of Topliss-reactive ketones (excluding diaryl/α,β-unsaturated/α-hetero) is 1. The second-order valence-corrected chi connectivity index (χ2v) is 2.17. The Hall–Kier alpha value is -1.72. The molecule has 6 nitrogen and oxygen atoms in total. The van der Waals surface area contributed by atoms with E-state index in [9.17, 15) is 19.2 Å². The maximum atomic E-state index is 10.6. The maximum absolute atomic E-state index is 10.6. The number of ketones is 1. The molecule has 0 aliphatic heterocycles. The molecule has 71 valence electrons. The summed E-state index contributed by atoms with van der Waals surface area (Å²) in [6, 6.07) is 0. The fourth-order valence-electron chi connectivity index (χ4n) is 0.478. The highest BCUT2D eigenvalue weighted by Crippen LogP contribution is 1.96. The van der Waals surface area contributed by atoms with Crippen LogP contribution in [0.25, 0.3) is 0 Å². The van der Waals surface area contributed by atoms with Gasteiger partial charge in [0.05, 0.1) is 6.42 Å². The van der Waals surface area contributed by atoms with Crippen molar-refractivity contribution in [2.75, 3.05) is 0 Å². The number of carboxylic acids is 1. The lowest BCUT2D eigenvalue weighted by Gasteiger charge is -2.06. The Morgan fingerprint density at radius 2 is 2.00 bits per heavy atom. The number of aliphatic carboxylic acids is 1. The van der Waals surface area contributed by atoms with Crippen LogP contribution >= 0.6 is 0 Å². The summed E-state index contributed by atoms with van der Waals surface area (Å²) in [6.07, 6.45) is -1.02. The van der Waals surface area contributed by atoms with Gasteiger partial charge >= 0.3 is 11.9 Å². The molecule has 1 unspecified atom stereocenters. The Bertz CT molecular complexity index is 243. The molecular formula is C7H7O6. The van der Waals surface area contributed by atoms with Crippen molar-refractivity contribution in [2.45, 2.75) is 19.4 Å². The van der Waals surface area contributed by atoms with E-state index in [0.29, 0.717) is 0 Å². The molecule has 0 heterocycles. The quantitative estimate of drug-likeness (QED) is 0.441. The first-order valence-electron chi connectivity index (χ1n) is 3.28. The van der Waals surface area contributed by atoms with Crippen LogP contribution in [0.4, 0.5) is 0 Å². The predicted octanol–water partition coefficient (Wildman–Crippen LogP) is -0.928. The highest BCUT2D eigenvalue weighted by molar-refractivity contribution is 6.32. The molecule has 0 bridgehead atoms. The SMILES string of the molecule is CC(=O)C(=O)OC([C]=O)CC(=O)O. The molecule has 13 heavy (non-hydrogen) atoms. The van der Waals surface area contributed by atoms with Crippen molar-refractivity contribution in [2.24, 2.45) is 0 Å². The third-order valence-corrected chi connectivity index (χ3v) is 1.03. The molecule has 0 aliphatic rings. The average molecular weight is 187 g/mol. The number of carboxylic acid groups (broad SMARTS) is 1. The van der Waals surface area contributed by atoms with Gasteiger partial charge in [-0.3, -0.25) is 14.4 Å². The molecule has 0 fully saturated rings. The van der Waals surface area contributed by atoms with Gasteiger partial charge in [0.2, 0.25) is 12.1 Å². The van der Waals surface area contributed by atoms with Crippen LogP contribution in [-0.2, 0) is 23.9 Å². The third-order valence-electron chi connectivity index (χ3n) is 1.03. The van der Waals surface area contributed by atoms with E-state index in [4.69, 9.17) is 5.11 Å². The number of esters is 1. The molecule has 0 aliphatic carbocycles. The summed E-state index contributed by atoms with van der Waals surface area (Å²) in [7, 11) is 0. The van der Waals surface area contributed by atoms with Crippen molar-refractivity contribution in [3.63, 3.8) is 0 Å². The van der Waals surface area contributed by atoms with Crippen molar-refractivity contribution in [1.29, 1.82) is 0 Å². The Balaban J connectivity index is 4.13. The number of ether oxygens (including phenoxy) is 1. The Morgan fingerprint density at radius 3 is 2.31 bits per heavy atom. The van der Waals surface area contributed by atoms with Crippen molar-refractivity contribution in [3.05, 3.63) is 0 Å². The van der Waals surface area contributed by atoms with Crippen LogP contribution in [0, 0.1) is 0 Å². The summed E-state index contributed by atoms with van der Waals surface area (Å²) in [4.78, 5) is 41.0. The summed E-state index contributed by atoms with van der Waals surface area (Å²) >= 11 is 0. The molecule has 1 radical (unpaired) electrons. The zero-order valence-electron chi connectivity index (χ0n) is 6.77. The second kappa shape index (κ2) is 5.02. The van der Waals surface area contributed by atoms with E-state index in [1.54, 1.807) is 0 Å². The first-order valence-corrected chi connectivity index (χ1v) is 3.28. The molecular weight excluding hydrogens is 180 g/mol. The van der Waals surface area contributed by atoms with Gasteiger partial charge < -0.3 is 9.84 Å². The minimum absolute atomic E-state index is 0.692. The normalized spacial score (nSPS) is 11.5. The maximum Gasteiger partial charge on any atom is 0.375 e. The lowest BCUT2D eigenvalue weighted by atomic mass is 10.3. The van der Waals surface area contributed by atoms with Crippen molar-refractivity contribution < 1.29 is 29.0 Å². The predicted molar refractivity (Wildman–Crippen MR) is 38.5 cm³/mol. The van der Waals surface area contributed by atoms with E-state index in [1.165, 1.54) is 6.29 Å². The van der Waals surface area contributed by atoms with E-state index in [0.717, 1.165) is 6.92 Å². The van der Waals surface area contributed by atoms with E-state index < -0.39 is 30.2 Å². The first-order chi connectivity index (χ1) is 5.97. The Kier molecular flexibility index (Phi) is 4.36. The minimum atomic E-state index is -1.52. The molecule has 0 saturated carbocycles. The molecule has 1 N–H and O–H groups in total. The summed E-state index contributed by atoms with van der Waals surface area (Å²) in [5.74, 6) is -3.45. The Labute approximate surface area is 73.5 Å². The number of carbonyl (C=O) groups is 3. The van der Waals surface area contributed by atoms with Gasteiger partial charge in [0.25, 0.3) is 0 Å². The molecule has 0 aromatic heterocycles. The topological polar surface area (TPSA) is 97.7 Å². The molecule has 0 saturated heterocycles. The smallest absolute Gasteiger partial charge is 0.375 e. The summed E-state index contributed by atoms with van der Waals surface area (Å²) in [5.41, 5.74) is 0. The zero-order chi connectivity index (χ0) is 10.4. The standard InChI is InChI=1S/C7H7O6/c1-4(9)7(12)13-5(3-8)2-6(10)11/h5H,2H2,1H3,(H,10,11). The largest absolute Gasteiger partial charge is 0.481 e. The van der Waals surface area contributed by atoms with Gasteiger partial charge in [0.15, 0.2) is 6.10 Å². The number of carbonyl (C=O) groups excluding carboxylic acids is 3. The van der Waals surface area contributed by atoms with E-state index in [-0.39, 0.29) is 0 Å². The van der Waals surface area contributed by atoms with Crippen LogP contribution in [0.5, 0.6) is 0 Å². The molecule has 0 spiro atoms. The van der Waals surface area contributed by atoms with Gasteiger partial charge in [-0.25, -0.2) is 4.79 Å². The molecule has 0 aromatic rings. The van der Waals surface area contributed by atoms with Crippen LogP contribution in [0.3, 0.4) is 0 Å². The van der Waals surface area contributed by atoms with Gasteiger partial charge in [0.1, 0.15) is 0 Å². The molecule has 0 amide bonds. The fourth-order valence-corrected chi connectivity index (χ4v) is 0.478. The molecule has 6 heteroatoms. The molecule has 0 rings (SSSR count). The molecule has 1 atom stereocenters. The van der Waals surface area contributed by atoms with Crippen LogP contribution in [0.1, 0.15) is 13.3 Å². The monoisotopic (exact) mass is 187 g/mol. The van der Waals surface area contributed by atoms with Crippen molar-refractivity contribution in [3.8, 4) is 0 Å². The van der Waals surface area contributed by atoms with Gasteiger partial charge in [0, 0.05) is 6.92 Å². The van der Waals surface area contributed by atoms with E-state index in [2.05, 4.69) is 4.74 Å². The lowest BCUT2D eigenvalue weighted by molar-refractivity contribution is -0.156.